The molecule has 1 nitrogen and oxygen atoms in total. The molecule has 0 spiro atoms. The number of rotatable bonds is 3. The van der Waals surface area contributed by atoms with Crippen LogP contribution >= 0.6 is 35.3 Å². The third-order valence-electron chi connectivity index (χ3n) is 1.58. The second kappa shape index (κ2) is 5.81. The zero-order valence-electron chi connectivity index (χ0n) is 6.92. The van der Waals surface area contributed by atoms with E-state index >= 15 is 0 Å². The van der Waals surface area contributed by atoms with Crippen molar-refractivity contribution >= 4 is 35.3 Å². The SMILES string of the molecule is CCC[C@@H](N)c1sccc1Cl.Cl. The second-order valence-corrected chi connectivity index (χ2v) is 3.88. The Labute approximate surface area is 88.3 Å². The third-order valence-corrected chi connectivity index (χ3v) is 3.07. The molecule has 1 atom stereocenters. The van der Waals surface area contributed by atoms with Crippen molar-refractivity contribution in [3.05, 3.63) is 21.3 Å². The predicted molar refractivity (Wildman–Crippen MR) is 58.4 cm³/mol. The summed E-state index contributed by atoms with van der Waals surface area (Å²) in [6.45, 7) is 2.13. The van der Waals surface area contributed by atoms with E-state index < -0.39 is 0 Å². The summed E-state index contributed by atoms with van der Waals surface area (Å²) in [6.07, 6.45) is 2.12. The molecule has 1 aromatic heterocycles. The molecule has 0 saturated carbocycles. The van der Waals surface area contributed by atoms with Gasteiger partial charge in [-0.2, -0.15) is 0 Å². The lowest BCUT2D eigenvalue weighted by Gasteiger charge is -2.07. The molecule has 0 fully saturated rings. The lowest BCUT2D eigenvalue weighted by Crippen LogP contribution is -2.07. The van der Waals surface area contributed by atoms with Gasteiger partial charge in [-0.3, -0.25) is 0 Å². The molecule has 1 heterocycles. The highest BCUT2D eigenvalue weighted by Gasteiger charge is 2.09. The summed E-state index contributed by atoms with van der Waals surface area (Å²) in [5.41, 5.74) is 5.88. The van der Waals surface area contributed by atoms with Gasteiger partial charge in [-0.05, 0) is 17.9 Å². The van der Waals surface area contributed by atoms with Crippen molar-refractivity contribution in [3.63, 3.8) is 0 Å². The maximum absolute atomic E-state index is 5.90. The van der Waals surface area contributed by atoms with E-state index in [0.29, 0.717) is 0 Å². The normalized spacial score (nSPS) is 12.2. The van der Waals surface area contributed by atoms with Gasteiger partial charge in [0.1, 0.15) is 0 Å². The number of halogens is 2. The topological polar surface area (TPSA) is 26.0 Å². The van der Waals surface area contributed by atoms with Gasteiger partial charge in [-0.1, -0.05) is 24.9 Å². The number of hydrogen-bond donors (Lipinski definition) is 1. The molecule has 70 valence electrons. The zero-order chi connectivity index (χ0) is 8.27. The van der Waals surface area contributed by atoms with Gasteiger partial charge in [0.25, 0.3) is 0 Å². The average Bonchev–Trinajstić information content (AvgIpc) is 2.36. The minimum Gasteiger partial charge on any atom is -0.323 e. The molecule has 1 aromatic rings. The summed E-state index contributed by atoms with van der Waals surface area (Å²) < 4.78 is 0. The van der Waals surface area contributed by atoms with Crippen LogP contribution < -0.4 is 5.73 Å². The molecule has 0 aliphatic rings. The smallest absolute Gasteiger partial charge is 0.0561 e. The molecule has 0 saturated heterocycles. The van der Waals surface area contributed by atoms with E-state index in [1.54, 1.807) is 11.3 Å². The Morgan fingerprint density at radius 1 is 1.67 bits per heavy atom. The highest BCUT2D eigenvalue weighted by atomic mass is 35.5. The molecule has 0 amide bonds. The average molecular weight is 226 g/mol. The summed E-state index contributed by atoms with van der Waals surface area (Å²) in [5.74, 6) is 0. The molecule has 0 aliphatic heterocycles. The molecule has 1 rings (SSSR count). The van der Waals surface area contributed by atoms with E-state index in [0.717, 1.165) is 22.7 Å². The van der Waals surface area contributed by atoms with E-state index in [1.807, 2.05) is 11.4 Å². The standard InChI is InChI=1S/C8H12ClNS.ClH/c1-2-3-7(10)8-6(9)4-5-11-8;/h4-5,7H,2-3,10H2,1H3;1H/t7-;/m1./s1. The van der Waals surface area contributed by atoms with Crippen molar-refractivity contribution in [1.82, 2.24) is 0 Å². The minimum atomic E-state index is 0. The van der Waals surface area contributed by atoms with Gasteiger partial charge in [0.05, 0.1) is 5.02 Å². The Morgan fingerprint density at radius 2 is 2.33 bits per heavy atom. The minimum absolute atomic E-state index is 0. The number of nitrogens with two attached hydrogens (primary N) is 1. The van der Waals surface area contributed by atoms with Crippen LogP contribution in [0.25, 0.3) is 0 Å². The lowest BCUT2D eigenvalue weighted by atomic mass is 10.1. The molecule has 12 heavy (non-hydrogen) atoms. The van der Waals surface area contributed by atoms with E-state index in [2.05, 4.69) is 6.92 Å². The van der Waals surface area contributed by atoms with Crippen molar-refractivity contribution in [2.75, 3.05) is 0 Å². The van der Waals surface area contributed by atoms with Gasteiger partial charge in [-0.15, -0.1) is 23.7 Å². The Bertz CT molecular complexity index is 225. The Balaban J connectivity index is 0.00000121. The van der Waals surface area contributed by atoms with Crippen LogP contribution in [0.4, 0.5) is 0 Å². The van der Waals surface area contributed by atoms with Gasteiger partial charge in [0.2, 0.25) is 0 Å². The Kier molecular flexibility index (Phi) is 5.93. The summed E-state index contributed by atoms with van der Waals surface area (Å²) in [4.78, 5) is 1.12. The first kappa shape index (κ1) is 12.2. The number of hydrogen-bond acceptors (Lipinski definition) is 2. The maximum atomic E-state index is 5.90. The molecule has 0 aromatic carbocycles. The van der Waals surface area contributed by atoms with Crippen LogP contribution in [0.2, 0.25) is 5.02 Å². The molecular weight excluding hydrogens is 213 g/mol. The third kappa shape index (κ3) is 2.94. The molecule has 0 bridgehead atoms. The Hall–Kier alpha value is 0.240. The van der Waals surface area contributed by atoms with Crippen LogP contribution in [0.1, 0.15) is 30.7 Å². The van der Waals surface area contributed by atoms with Crippen molar-refractivity contribution in [2.45, 2.75) is 25.8 Å². The summed E-state index contributed by atoms with van der Waals surface area (Å²) in [6, 6.07) is 2.03. The first-order chi connectivity index (χ1) is 5.25. The lowest BCUT2D eigenvalue weighted by molar-refractivity contribution is 0.648. The van der Waals surface area contributed by atoms with Crippen LogP contribution in [0.15, 0.2) is 11.4 Å². The predicted octanol–water partition coefficient (Wildman–Crippen LogP) is 3.62. The van der Waals surface area contributed by atoms with E-state index in [-0.39, 0.29) is 18.4 Å². The molecule has 4 heteroatoms. The first-order valence-electron chi connectivity index (χ1n) is 3.74. The fourth-order valence-corrected chi connectivity index (χ4v) is 2.25. The summed E-state index contributed by atoms with van der Waals surface area (Å²) >= 11 is 7.54. The van der Waals surface area contributed by atoms with E-state index in [1.165, 1.54) is 0 Å². The van der Waals surface area contributed by atoms with Crippen LogP contribution in [0.5, 0.6) is 0 Å². The molecular formula is C8H13Cl2NS. The zero-order valence-corrected chi connectivity index (χ0v) is 9.31. The van der Waals surface area contributed by atoms with E-state index in [9.17, 15) is 0 Å². The second-order valence-electron chi connectivity index (χ2n) is 2.53. The largest absolute Gasteiger partial charge is 0.323 e. The van der Waals surface area contributed by atoms with Crippen molar-refractivity contribution in [2.24, 2.45) is 5.73 Å². The van der Waals surface area contributed by atoms with Crippen molar-refractivity contribution < 1.29 is 0 Å². The van der Waals surface area contributed by atoms with Crippen molar-refractivity contribution in [3.8, 4) is 0 Å². The van der Waals surface area contributed by atoms with Gasteiger partial charge in [-0.25, -0.2) is 0 Å². The summed E-state index contributed by atoms with van der Waals surface area (Å²) in [5, 5.41) is 2.80. The highest BCUT2D eigenvalue weighted by molar-refractivity contribution is 7.10. The molecule has 2 N–H and O–H groups in total. The van der Waals surface area contributed by atoms with Gasteiger partial charge in [0.15, 0.2) is 0 Å². The molecule has 0 unspecified atom stereocenters. The van der Waals surface area contributed by atoms with Crippen LogP contribution in [-0.2, 0) is 0 Å². The maximum Gasteiger partial charge on any atom is 0.0561 e. The fraction of sp³-hybridized carbons (Fsp3) is 0.500. The van der Waals surface area contributed by atoms with E-state index in [4.69, 9.17) is 17.3 Å². The molecule has 0 aliphatic carbocycles. The highest BCUT2D eigenvalue weighted by Crippen LogP contribution is 2.29. The van der Waals surface area contributed by atoms with Crippen LogP contribution in [0.3, 0.4) is 0 Å². The summed E-state index contributed by atoms with van der Waals surface area (Å²) in [7, 11) is 0. The molecule has 0 radical (unpaired) electrons. The monoisotopic (exact) mass is 225 g/mol. The number of thiophene rings is 1. The Morgan fingerprint density at radius 3 is 2.75 bits per heavy atom. The quantitative estimate of drug-likeness (QED) is 0.836. The first-order valence-corrected chi connectivity index (χ1v) is 5.00. The van der Waals surface area contributed by atoms with Gasteiger partial charge >= 0.3 is 0 Å². The van der Waals surface area contributed by atoms with Crippen molar-refractivity contribution in [1.29, 1.82) is 0 Å². The van der Waals surface area contributed by atoms with Crippen LogP contribution in [0, 0.1) is 0 Å². The van der Waals surface area contributed by atoms with Gasteiger partial charge < -0.3 is 5.73 Å². The van der Waals surface area contributed by atoms with Gasteiger partial charge in [0, 0.05) is 10.9 Å². The van der Waals surface area contributed by atoms with Crippen LogP contribution in [-0.4, -0.2) is 0 Å². The fourth-order valence-electron chi connectivity index (χ4n) is 1.01.